The Labute approximate surface area is 90.6 Å². The van der Waals surface area contributed by atoms with Crippen molar-refractivity contribution in [2.45, 2.75) is 31.2 Å². The van der Waals surface area contributed by atoms with Gasteiger partial charge in [0.1, 0.15) is 5.75 Å². The van der Waals surface area contributed by atoms with Crippen LogP contribution in [0.5, 0.6) is 5.75 Å². The van der Waals surface area contributed by atoms with Gasteiger partial charge in [-0.1, -0.05) is 12.1 Å². The molecule has 2 unspecified atom stereocenters. The van der Waals surface area contributed by atoms with Gasteiger partial charge in [0.25, 0.3) is 0 Å². The lowest BCUT2D eigenvalue weighted by Crippen LogP contribution is -2.30. The largest absolute Gasteiger partial charge is 0.496 e. The van der Waals surface area contributed by atoms with Crippen LogP contribution in [0, 0.1) is 0 Å². The van der Waals surface area contributed by atoms with Gasteiger partial charge in [-0.3, -0.25) is 0 Å². The zero-order valence-corrected chi connectivity index (χ0v) is 9.12. The minimum atomic E-state index is 0.685. The molecule has 1 aliphatic carbocycles. The minimum absolute atomic E-state index is 0.685. The Morgan fingerprint density at radius 3 is 3.13 bits per heavy atom. The molecule has 2 heteroatoms. The maximum atomic E-state index is 5.49. The first-order valence-electron chi connectivity index (χ1n) is 5.79. The van der Waals surface area contributed by atoms with Gasteiger partial charge in [0, 0.05) is 17.5 Å². The lowest BCUT2D eigenvalue weighted by Gasteiger charge is -2.29. The zero-order chi connectivity index (χ0) is 10.3. The van der Waals surface area contributed by atoms with Crippen molar-refractivity contribution in [2.24, 2.45) is 0 Å². The fraction of sp³-hybridized carbons (Fsp3) is 0.538. The van der Waals surface area contributed by atoms with E-state index < -0.39 is 0 Å². The quantitative estimate of drug-likeness (QED) is 0.754. The smallest absolute Gasteiger partial charge is 0.122 e. The predicted molar refractivity (Wildman–Crippen MR) is 60.5 cm³/mol. The van der Waals surface area contributed by atoms with E-state index in [4.69, 9.17) is 4.74 Å². The summed E-state index contributed by atoms with van der Waals surface area (Å²) in [5, 5.41) is 3.60. The monoisotopic (exact) mass is 203 g/mol. The molecule has 2 aliphatic rings. The summed E-state index contributed by atoms with van der Waals surface area (Å²) in [6.45, 7) is 1.16. The van der Waals surface area contributed by atoms with Gasteiger partial charge < -0.3 is 10.1 Å². The molecule has 1 saturated heterocycles. The van der Waals surface area contributed by atoms with E-state index >= 15 is 0 Å². The number of hydrogen-bond acceptors (Lipinski definition) is 2. The van der Waals surface area contributed by atoms with E-state index in [1.807, 2.05) is 0 Å². The van der Waals surface area contributed by atoms with Gasteiger partial charge in [-0.15, -0.1) is 0 Å². The van der Waals surface area contributed by atoms with E-state index in [9.17, 15) is 0 Å². The second-order valence-corrected chi connectivity index (χ2v) is 4.53. The van der Waals surface area contributed by atoms with Crippen molar-refractivity contribution in [1.29, 1.82) is 0 Å². The summed E-state index contributed by atoms with van der Waals surface area (Å²) in [6, 6.07) is 7.15. The molecule has 1 aromatic rings. The van der Waals surface area contributed by atoms with E-state index in [1.165, 1.54) is 30.4 Å². The first-order chi connectivity index (χ1) is 7.40. The van der Waals surface area contributed by atoms with Crippen LogP contribution in [-0.4, -0.2) is 19.7 Å². The molecular formula is C13H17NO. The number of methoxy groups -OCH3 is 1. The lowest BCUT2D eigenvalue weighted by atomic mass is 9.79. The SMILES string of the molecule is COc1cccc2c1C1CCNC1CC2. The van der Waals surface area contributed by atoms with Crippen molar-refractivity contribution < 1.29 is 4.74 Å². The number of nitrogens with one attached hydrogen (secondary N) is 1. The fourth-order valence-electron chi connectivity index (χ4n) is 3.13. The van der Waals surface area contributed by atoms with Crippen LogP contribution in [0.3, 0.4) is 0 Å². The van der Waals surface area contributed by atoms with Crippen molar-refractivity contribution in [3.05, 3.63) is 29.3 Å². The standard InChI is InChI=1S/C13H17NO/c1-15-12-4-2-3-9-5-6-11-10(13(9)12)7-8-14-11/h2-4,10-11,14H,5-8H2,1H3. The molecule has 2 nitrogen and oxygen atoms in total. The summed E-state index contributed by atoms with van der Waals surface area (Å²) in [7, 11) is 1.78. The third kappa shape index (κ3) is 1.36. The average Bonchev–Trinajstić information content (AvgIpc) is 2.76. The molecule has 1 N–H and O–H groups in total. The van der Waals surface area contributed by atoms with Crippen LogP contribution in [0.15, 0.2) is 18.2 Å². The summed E-state index contributed by atoms with van der Waals surface area (Å²) in [5.41, 5.74) is 2.97. The van der Waals surface area contributed by atoms with Crippen LogP contribution in [0.4, 0.5) is 0 Å². The molecular weight excluding hydrogens is 186 g/mol. The highest BCUT2D eigenvalue weighted by Gasteiger charge is 2.34. The minimum Gasteiger partial charge on any atom is -0.496 e. The van der Waals surface area contributed by atoms with Crippen LogP contribution >= 0.6 is 0 Å². The van der Waals surface area contributed by atoms with Crippen molar-refractivity contribution in [1.82, 2.24) is 5.32 Å². The molecule has 0 saturated carbocycles. The van der Waals surface area contributed by atoms with Crippen molar-refractivity contribution in [2.75, 3.05) is 13.7 Å². The number of hydrogen-bond donors (Lipinski definition) is 1. The molecule has 0 radical (unpaired) electrons. The van der Waals surface area contributed by atoms with Gasteiger partial charge in [-0.25, -0.2) is 0 Å². The third-order valence-electron chi connectivity index (χ3n) is 3.82. The number of benzene rings is 1. The maximum absolute atomic E-state index is 5.49. The van der Waals surface area contributed by atoms with Crippen LogP contribution in [-0.2, 0) is 6.42 Å². The maximum Gasteiger partial charge on any atom is 0.122 e. The molecule has 1 aliphatic heterocycles. The first-order valence-corrected chi connectivity index (χ1v) is 5.79. The Morgan fingerprint density at radius 1 is 1.33 bits per heavy atom. The summed E-state index contributed by atoms with van der Waals surface area (Å²) >= 11 is 0. The van der Waals surface area contributed by atoms with Gasteiger partial charge in [-0.2, -0.15) is 0 Å². The molecule has 3 rings (SSSR count). The number of rotatable bonds is 1. The topological polar surface area (TPSA) is 21.3 Å². The van der Waals surface area contributed by atoms with Gasteiger partial charge in [0.15, 0.2) is 0 Å². The second-order valence-electron chi connectivity index (χ2n) is 4.53. The number of aryl methyl sites for hydroxylation is 1. The predicted octanol–water partition coefficient (Wildman–Crippen LogP) is 2.09. The molecule has 1 heterocycles. The first kappa shape index (κ1) is 9.22. The van der Waals surface area contributed by atoms with Crippen LogP contribution in [0.1, 0.15) is 29.9 Å². The van der Waals surface area contributed by atoms with Crippen LogP contribution in [0.2, 0.25) is 0 Å². The van der Waals surface area contributed by atoms with Crippen molar-refractivity contribution in [3.63, 3.8) is 0 Å². The normalized spacial score (nSPS) is 28.3. The summed E-state index contributed by atoms with van der Waals surface area (Å²) in [5.74, 6) is 1.77. The molecule has 0 aromatic heterocycles. The Morgan fingerprint density at radius 2 is 2.27 bits per heavy atom. The molecule has 0 bridgehead atoms. The fourth-order valence-corrected chi connectivity index (χ4v) is 3.13. The Bertz CT molecular complexity index is 361. The highest BCUT2D eigenvalue weighted by molar-refractivity contribution is 5.46. The van der Waals surface area contributed by atoms with Gasteiger partial charge >= 0.3 is 0 Å². The Hall–Kier alpha value is -1.02. The molecule has 1 fully saturated rings. The molecule has 0 spiro atoms. The van der Waals surface area contributed by atoms with Crippen LogP contribution in [0.25, 0.3) is 0 Å². The molecule has 2 atom stereocenters. The third-order valence-corrected chi connectivity index (χ3v) is 3.82. The molecule has 80 valence electrons. The van der Waals surface area contributed by atoms with Crippen LogP contribution < -0.4 is 10.1 Å². The van der Waals surface area contributed by atoms with E-state index in [1.54, 1.807) is 7.11 Å². The second kappa shape index (κ2) is 3.53. The summed E-state index contributed by atoms with van der Waals surface area (Å²) in [4.78, 5) is 0. The van der Waals surface area contributed by atoms with E-state index in [0.29, 0.717) is 12.0 Å². The number of ether oxygens (including phenoxy) is 1. The van der Waals surface area contributed by atoms with Gasteiger partial charge in [-0.05, 0) is 37.4 Å². The number of fused-ring (bicyclic) bond motifs is 3. The Balaban J connectivity index is 2.10. The van der Waals surface area contributed by atoms with E-state index in [2.05, 4.69) is 23.5 Å². The van der Waals surface area contributed by atoms with E-state index in [-0.39, 0.29) is 0 Å². The Kier molecular flexibility index (Phi) is 2.17. The van der Waals surface area contributed by atoms with Gasteiger partial charge in [0.05, 0.1) is 7.11 Å². The van der Waals surface area contributed by atoms with Gasteiger partial charge in [0.2, 0.25) is 0 Å². The molecule has 1 aromatic carbocycles. The average molecular weight is 203 g/mol. The highest BCUT2D eigenvalue weighted by Crippen LogP contribution is 2.41. The van der Waals surface area contributed by atoms with E-state index in [0.717, 1.165) is 12.3 Å². The summed E-state index contributed by atoms with van der Waals surface area (Å²) in [6.07, 6.45) is 3.74. The molecule has 0 amide bonds. The van der Waals surface area contributed by atoms with Crippen molar-refractivity contribution >= 4 is 0 Å². The van der Waals surface area contributed by atoms with Crippen molar-refractivity contribution in [3.8, 4) is 5.75 Å². The highest BCUT2D eigenvalue weighted by atomic mass is 16.5. The summed E-state index contributed by atoms with van der Waals surface area (Å²) < 4.78 is 5.49. The molecule has 15 heavy (non-hydrogen) atoms. The lowest BCUT2D eigenvalue weighted by molar-refractivity contribution is 0.391. The zero-order valence-electron chi connectivity index (χ0n) is 9.12.